The highest BCUT2D eigenvalue weighted by Crippen LogP contribution is 2.35. The summed E-state index contributed by atoms with van der Waals surface area (Å²) in [6.07, 6.45) is -2.77. The summed E-state index contributed by atoms with van der Waals surface area (Å²) in [5.41, 5.74) is -1.58. The summed E-state index contributed by atoms with van der Waals surface area (Å²) in [5.74, 6) is -3.09. The molecule has 1 saturated heterocycles. The van der Waals surface area contributed by atoms with Gasteiger partial charge in [-0.25, -0.2) is 12.8 Å². The van der Waals surface area contributed by atoms with Crippen LogP contribution in [0.25, 0.3) is 0 Å². The molecule has 3 rings (SSSR count). The molecule has 1 aliphatic carbocycles. The molecule has 0 radical (unpaired) electrons. The van der Waals surface area contributed by atoms with Gasteiger partial charge in [0, 0.05) is 6.61 Å². The molecular formula is C21H25F4N3O4S. The molecule has 1 heterocycles. The van der Waals surface area contributed by atoms with Crippen molar-refractivity contribution in [2.75, 3.05) is 18.1 Å². The van der Waals surface area contributed by atoms with Gasteiger partial charge in [-0.2, -0.15) is 18.4 Å². The number of alkyl halides is 3. The van der Waals surface area contributed by atoms with E-state index in [9.17, 15) is 36.0 Å². The van der Waals surface area contributed by atoms with Crippen LogP contribution in [-0.2, 0) is 19.4 Å². The van der Waals surface area contributed by atoms with Crippen LogP contribution in [0.3, 0.4) is 0 Å². The zero-order chi connectivity index (χ0) is 24.3. The van der Waals surface area contributed by atoms with Gasteiger partial charge < -0.3 is 10.1 Å². The largest absolute Gasteiger partial charge is 0.407 e. The van der Waals surface area contributed by atoms with E-state index in [0.717, 1.165) is 37.1 Å². The average Bonchev–Trinajstić information content (AvgIpc) is 3.51. The maximum atomic E-state index is 13.8. The van der Waals surface area contributed by atoms with Crippen LogP contribution in [0, 0.1) is 17.1 Å². The number of hydrogen-bond acceptors (Lipinski definition) is 6. The van der Waals surface area contributed by atoms with Crippen molar-refractivity contribution in [3.63, 3.8) is 0 Å². The third kappa shape index (κ3) is 7.12. The lowest BCUT2D eigenvalue weighted by Gasteiger charge is -2.29. The second-order valence-electron chi connectivity index (χ2n) is 8.49. The highest BCUT2D eigenvalue weighted by molar-refractivity contribution is 7.91. The molecule has 1 aromatic carbocycles. The average molecular weight is 492 g/mol. The van der Waals surface area contributed by atoms with Crippen molar-refractivity contribution in [2.24, 2.45) is 0 Å². The predicted molar refractivity (Wildman–Crippen MR) is 110 cm³/mol. The lowest BCUT2D eigenvalue weighted by atomic mass is 10.0. The second-order valence-corrected chi connectivity index (χ2v) is 10.6. The van der Waals surface area contributed by atoms with Gasteiger partial charge >= 0.3 is 6.18 Å². The Morgan fingerprint density at radius 3 is 2.42 bits per heavy atom. The zero-order valence-corrected chi connectivity index (χ0v) is 18.5. The first-order chi connectivity index (χ1) is 15.4. The number of nitrogens with one attached hydrogen (secondary N) is 2. The molecule has 1 unspecified atom stereocenters. The first kappa shape index (κ1) is 25.4. The smallest absolute Gasteiger partial charge is 0.377 e. The van der Waals surface area contributed by atoms with Crippen LogP contribution in [0.5, 0.6) is 0 Å². The van der Waals surface area contributed by atoms with E-state index in [-0.39, 0.29) is 5.56 Å². The Morgan fingerprint density at radius 1 is 1.24 bits per heavy atom. The van der Waals surface area contributed by atoms with E-state index >= 15 is 0 Å². The summed E-state index contributed by atoms with van der Waals surface area (Å²) in [6.45, 7) is 0.397. The van der Waals surface area contributed by atoms with E-state index in [1.54, 1.807) is 0 Å². The fraction of sp³-hybridized carbons (Fsp3) is 0.619. The van der Waals surface area contributed by atoms with Crippen LogP contribution >= 0.6 is 0 Å². The van der Waals surface area contributed by atoms with Crippen molar-refractivity contribution in [3.8, 4) is 6.07 Å². The number of hydrogen-bond donors (Lipinski definition) is 2. The molecule has 0 spiro atoms. The third-order valence-electron chi connectivity index (χ3n) is 5.68. The van der Waals surface area contributed by atoms with E-state index < -0.39 is 63.0 Å². The van der Waals surface area contributed by atoms with Gasteiger partial charge in [0.1, 0.15) is 23.4 Å². The molecule has 1 amide bonds. The Hall–Kier alpha value is -2.23. The van der Waals surface area contributed by atoms with E-state index in [4.69, 9.17) is 4.74 Å². The van der Waals surface area contributed by atoms with Crippen LogP contribution in [0.2, 0.25) is 0 Å². The minimum absolute atomic E-state index is 0.325. The fourth-order valence-corrected chi connectivity index (χ4v) is 5.41. The summed E-state index contributed by atoms with van der Waals surface area (Å²) < 4.78 is 85.7. The van der Waals surface area contributed by atoms with Crippen molar-refractivity contribution in [1.29, 1.82) is 5.26 Å². The molecule has 1 aliphatic heterocycles. The Morgan fingerprint density at radius 2 is 1.91 bits per heavy atom. The van der Waals surface area contributed by atoms with Crippen LogP contribution in [0.4, 0.5) is 17.6 Å². The minimum Gasteiger partial charge on any atom is -0.377 e. The number of amides is 1. The van der Waals surface area contributed by atoms with Crippen molar-refractivity contribution in [1.82, 2.24) is 10.6 Å². The summed E-state index contributed by atoms with van der Waals surface area (Å²) in [6, 6.07) is 1.20. The van der Waals surface area contributed by atoms with Crippen molar-refractivity contribution < 1.29 is 35.5 Å². The number of halogens is 4. The monoisotopic (exact) mass is 491 g/mol. The van der Waals surface area contributed by atoms with Crippen LogP contribution < -0.4 is 10.6 Å². The number of benzene rings is 1. The molecule has 2 fully saturated rings. The van der Waals surface area contributed by atoms with Gasteiger partial charge in [0.25, 0.3) is 0 Å². The maximum Gasteiger partial charge on any atom is 0.407 e. The first-order valence-electron chi connectivity index (χ1n) is 10.6. The van der Waals surface area contributed by atoms with Crippen LogP contribution in [0.1, 0.15) is 43.7 Å². The van der Waals surface area contributed by atoms with Crippen molar-refractivity contribution in [3.05, 3.63) is 35.6 Å². The molecule has 0 bridgehead atoms. The topological polar surface area (TPSA) is 108 Å². The van der Waals surface area contributed by atoms with Crippen molar-refractivity contribution in [2.45, 2.75) is 62.0 Å². The highest BCUT2D eigenvalue weighted by atomic mass is 32.2. The van der Waals surface area contributed by atoms with Crippen molar-refractivity contribution >= 4 is 15.7 Å². The highest BCUT2D eigenvalue weighted by Gasteiger charge is 2.48. The van der Waals surface area contributed by atoms with Gasteiger partial charge in [0.15, 0.2) is 9.84 Å². The van der Waals surface area contributed by atoms with Gasteiger partial charge in [-0.3, -0.25) is 10.1 Å². The fourth-order valence-electron chi connectivity index (χ4n) is 3.69. The first-order valence-corrected chi connectivity index (χ1v) is 12.4. The van der Waals surface area contributed by atoms with Gasteiger partial charge in [0.2, 0.25) is 5.91 Å². The van der Waals surface area contributed by atoms with E-state index in [1.165, 1.54) is 0 Å². The van der Waals surface area contributed by atoms with E-state index in [2.05, 4.69) is 10.6 Å². The standard InChI is InChI=1S/C21H25F4N3O4S/c22-15-6-4-14(5-7-15)18(21(23,24)25)27-17(19(29)28-20(13-26)8-9-20)12-33(30,31)11-16-3-1-2-10-32-16/h4-7,16-18,27H,1-3,8-12H2,(H,28,29)/t16?,17-,18-/m0/s1. The molecular weight excluding hydrogens is 466 g/mol. The van der Waals surface area contributed by atoms with Gasteiger partial charge in [0.05, 0.1) is 23.7 Å². The molecule has 182 valence electrons. The van der Waals surface area contributed by atoms with Gasteiger partial charge in [-0.15, -0.1) is 0 Å². The second kappa shape index (κ2) is 9.95. The Labute approximate surface area is 189 Å². The molecule has 12 heteroatoms. The maximum absolute atomic E-state index is 13.8. The molecule has 1 aromatic rings. The number of carbonyl (C=O) groups is 1. The Kier molecular flexibility index (Phi) is 7.65. The predicted octanol–water partition coefficient (Wildman–Crippen LogP) is 2.54. The normalized spacial score (nSPS) is 22.1. The Balaban J connectivity index is 1.84. The lowest BCUT2D eigenvalue weighted by Crippen LogP contribution is -2.54. The summed E-state index contributed by atoms with van der Waals surface area (Å²) >= 11 is 0. The number of carbonyl (C=O) groups excluding carboxylic acids is 1. The van der Waals surface area contributed by atoms with Gasteiger partial charge in [-0.1, -0.05) is 12.1 Å². The number of sulfone groups is 1. The molecule has 7 nitrogen and oxygen atoms in total. The molecule has 2 aliphatic rings. The number of rotatable bonds is 9. The Bertz CT molecular complexity index is 982. The van der Waals surface area contributed by atoms with E-state index in [1.807, 2.05) is 6.07 Å². The van der Waals surface area contributed by atoms with Gasteiger partial charge in [-0.05, 0) is 49.8 Å². The summed E-state index contributed by atoms with van der Waals surface area (Å²) in [5, 5.41) is 13.7. The molecule has 1 saturated carbocycles. The number of ether oxygens (including phenoxy) is 1. The van der Waals surface area contributed by atoms with Crippen LogP contribution in [0.15, 0.2) is 24.3 Å². The molecule has 2 N–H and O–H groups in total. The SMILES string of the molecule is N#CC1(NC(=O)[C@H](CS(=O)(=O)CC2CCCCO2)N[C@@H](c2ccc(F)cc2)C(F)(F)F)CC1. The zero-order valence-electron chi connectivity index (χ0n) is 17.7. The number of nitriles is 1. The summed E-state index contributed by atoms with van der Waals surface area (Å²) in [7, 11) is -4.01. The third-order valence-corrected chi connectivity index (χ3v) is 7.40. The van der Waals surface area contributed by atoms with E-state index in [0.29, 0.717) is 25.9 Å². The lowest BCUT2D eigenvalue weighted by molar-refractivity contribution is -0.160. The molecule has 3 atom stereocenters. The molecule has 33 heavy (non-hydrogen) atoms. The van der Waals surface area contributed by atoms with Crippen LogP contribution in [-0.4, -0.2) is 56.3 Å². The summed E-state index contributed by atoms with van der Waals surface area (Å²) in [4.78, 5) is 12.8. The minimum atomic E-state index is -4.90. The number of nitrogens with zero attached hydrogens (tertiary/aromatic N) is 1. The quantitative estimate of drug-likeness (QED) is 0.514. The molecule has 0 aromatic heterocycles.